The number of halogens is 2. The minimum absolute atomic E-state index is 0.120. The van der Waals surface area contributed by atoms with Crippen molar-refractivity contribution >= 4 is 0 Å². The molecular formula is C17H19F2NO. The minimum Gasteiger partial charge on any atom is -0.481 e. The molecule has 2 N–H and O–H groups in total. The van der Waals surface area contributed by atoms with Gasteiger partial charge in [0.2, 0.25) is 5.82 Å². The van der Waals surface area contributed by atoms with Gasteiger partial charge in [0.05, 0.1) is 0 Å². The zero-order valence-electron chi connectivity index (χ0n) is 12.1. The van der Waals surface area contributed by atoms with E-state index in [1.54, 1.807) is 0 Å². The molecule has 2 nitrogen and oxygen atoms in total. The van der Waals surface area contributed by atoms with Crippen molar-refractivity contribution in [2.45, 2.75) is 32.4 Å². The Morgan fingerprint density at radius 3 is 2.52 bits per heavy atom. The van der Waals surface area contributed by atoms with Gasteiger partial charge >= 0.3 is 0 Å². The zero-order valence-corrected chi connectivity index (χ0v) is 12.1. The highest BCUT2D eigenvalue weighted by molar-refractivity contribution is 5.29. The third-order valence-electron chi connectivity index (χ3n) is 3.40. The molecule has 0 fully saturated rings. The lowest BCUT2D eigenvalue weighted by Crippen LogP contribution is -2.31. The van der Waals surface area contributed by atoms with E-state index < -0.39 is 17.7 Å². The van der Waals surface area contributed by atoms with Gasteiger partial charge in [0, 0.05) is 6.04 Å². The van der Waals surface area contributed by atoms with Crippen LogP contribution in [-0.4, -0.2) is 6.04 Å². The summed E-state index contributed by atoms with van der Waals surface area (Å²) in [6.07, 6.45) is 0.140. The molecule has 0 aliphatic heterocycles. The van der Waals surface area contributed by atoms with Crippen molar-refractivity contribution < 1.29 is 13.5 Å². The van der Waals surface area contributed by atoms with Crippen molar-refractivity contribution in [2.24, 2.45) is 5.73 Å². The Balaban J connectivity index is 2.35. The predicted molar refractivity (Wildman–Crippen MR) is 79.2 cm³/mol. The van der Waals surface area contributed by atoms with Crippen LogP contribution in [0.15, 0.2) is 42.5 Å². The molecule has 2 rings (SSSR count). The van der Waals surface area contributed by atoms with E-state index in [9.17, 15) is 8.78 Å². The fourth-order valence-corrected chi connectivity index (χ4v) is 2.18. The van der Waals surface area contributed by atoms with E-state index in [0.29, 0.717) is 6.42 Å². The summed E-state index contributed by atoms with van der Waals surface area (Å²) in [5, 5.41) is 0. The van der Waals surface area contributed by atoms with Gasteiger partial charge in [0.25, 0.3) is 0 Å². The SMILES string of the molecule is CCC(N)C(Oc1cccc(F)c1F)c1cccc(C)c1. The highest BCUT2D eigenvalue weighted by Crippen LogP contribution is 2.28. The summed E-state index contributed by atoms with van der Waals surface area (Å²) in [5.74, 6) is -2.04. The molecule has 2 aromatic rings. The van der Waals surface area contributed by atoms with Gasteiger partial charge in [0.1, 0.15) is 6.10 Å². The lowest BCUT2D eigenvalue weighted by atomic mass is 9.99. The predicted octanol–water partition coefficient (Wildman–Crippen LogP) is 4.13. The second-order valence-electron chi connectivity index (χ2n) is 5.08. The Labute approximate surface area is 123 Å². The highest BCUT2D eigenvalue weighted by Gasteiger charge is 2.22. The normalized spacial score (nSPS) is 13.8. The van der Waals surface area contributed by atoms with Crippen LogP contribution in [0, 0.1) is 18.6 Å². The Morgan fingerprint density at radius 2 is 1.86 bits per heavy atom. The second-order valence-corrected chi connectivity index (χ2v) is 5.08. The Bertz CT molecular complexity index is 615. The number of ether oxygens (including phenoxy) is 1. The molecule has 0 bridgehead atoms. The van der Waals surface area contributed by atoms with Crippen molar-refractivity contribution in [3.05, 3.63) is 65.2 Å². The molecule has 2 unspecified atom stereocenters. The Morgan fingerprint density at radius 1 is 1.14 bits per heavy atom. The molecule has 0 saturated heterocycles. The van der Waals surface area contributed by atoms with Gasteiger partial charge in [-0.3, -0.25) is 0 Å². The van der Waals surface area contributed by atoms with Gasteiger partial charge in [-0.25, -0.2) is 4.39 Å². The summed E-state index contributed by atoms with van der Waals surface area (Å²) in [5.41, 5.74) is 8.01. The van der Waals surface area contributed by atoms with Crippen LogP contribution in [-0.2, 0) is 0 Å². The molecule has 21 heavy (non-hydrogen) atoms. The van der Waals surface area contributed by atoms with Crippen molar-refractivity contribution in [1.29, 1.82) is 0 Å². The van der Waals surface area contributed by atoms with Crippen LogP contribution < -0.4 is 10.5 Å². The monoisotopic (exact) mass is 291 g/mol. The number of benzene rings is 2. The van der Waals surface area contributed by atoms with Crippen molar-refractivity contribution in [3.8, 4) is 5.75 Å². The third kappa shape index (κ3) is 3.58. The summed E-state index contributed by atoms with van der Waals surface area (Å²) in [6, 6.07) is 11.2. The van der Waals surface area contributed by atoms with Crippen molar-refractivity contribution in [1.82, 2.24) is 0 Å². The van der Waals surface area contributed by atoms with Crippen LogP contribution >= 0.6 is 0 Å². The van der Waals surface area contributed by atoms with Crippen LogP contribution in [0.5, 0.6) is 5.75 Å². The first-order valence-electron chi connectivity index (χ1n) is 6.95. The van der Waals surface area contributed by atoms with E-state index in [2.05, 4.69) is 0 Å². The second kappa shape index (κ2) is 6.68. The van der Waals surface area contributed by atoms with Crippen molar-refractivity contribution in [2.75, 3.05) is 0 Å². The average molecular weight is 291 g/mol. The molecular weight excluding hydrogens is 272 g/mol. The van der Waals surface area contributed by atoms with E-state index in [1.807, 2.05) is 38.1 Å². The molecule has 0 aromatic heterocycles. The first kappa shape index (κ1) is 15.4. The molecule has 0 spiro atoms. The number of rotatable bonds is 5. The smallest absolute Gasteiger partial charge is 0.200 e. The zero-order chi connectivity index (χ0) is 15.4. The van der Waals surface area contributed by atoms with Gasteiger partial charge in [-0.05, 0) is 31.0 Å². The Kier molecular flexibility index (Phi) is 4.91. The van der Waals surface area contributed by atoms with Gasteiger partial charge in [-0.1, -0.05) is 42.8 Å². The van der Waals surface area contributed by atoms with E-state index in [4.69, 9.17) is 10.5 Å². The van der Waals surface area contributed by atoms with Gasteiger partial charge in [0.15, 0.2) is 11.6 Å². The summed E-state index contributed by atoms with van der Waals surface area (Å²) in [4.78, 5) is 0. The molecule has 2 atom stereocenters. The maximum atomic E-state index is 13.8. The Hall–Kier alpha value is -1.94. The maximum Gasteiger partial charge on any atom is 0.200 e. The molecule has 0 aliphatic rings. The number of hydrogen-bond acceptors (Lipinski definition) is 2. The first-order valence-corrected chi connectivity index (χ1v) is 6.95. The maximum absolute atomic E-state index is 13.8. The van der Waals surface area contributed by atoms with Gasteiger partial charge in [-0.15, -0.1) is 0 Å². The standard InChI is InChI=1S/C17H19F2NO/c1-3-14(20)17(12-7-4-6-11(2)10-12)21-15-9-5-8-13(18)16(15)19/h4-10,14,17H,3,20H2,1-2H3. The number of aryl methyl sites for hydroxylation is 1. The van der Waals surface area contributed by atoms with Crippen LogP contribution in [0.4, 0.5) is 8.78 Å². The molecule has 2 aromatic carbocycles. The number of nitrogens with two attached hydrogens (primary N) is 1. The highest BCUT2D eigenvalue weighted by atomic mass is 19.2. The lowest BCUT2D eigenvalue weighted by Gasteiger charge is -2.25. The molecule has 0 heterocycles. The molecule has 112 valence electrons. The average Bonchev–Trinajstić information content (AvgIpc) is 2.48. The fourth-order valence-electron chi connectivity index (χ4n) is 2.18. The van der Waals surface area contributed by atoms with E-state index in [0.717, 1.165) is 17.2 Å². The quantitative estimate of drug-likeness (QED) is 0.899. The molecule has 0 amide bonds. The topological polar surface area (TPSA) is 35.2 Å². The summed E-state index contributed by atoms with van der Waals surface area (Å²) in [7, 11) is 0. The molecule has 0 radical (unpaired) electrons. The minimum atomic E-state index is -0.988. The van der Waals surface area contributed by atoms with Crippen LogP contribution in [0.2, 0.25) is 0 Å². The number of hydrogen-bond donors (Lipinski definition) is 1. The van der Waals surface area contributed by atoms with E-state index in [1.165, 1.54) is 12.1 Å². The third-order valence-corrected chi connectivity index (χ3v) is 3.40. The van der Waals surface area contributed by atoms with Crippen LogP contribution in [0.25, 0.3) is 0 Å². The van der Waals surface area contributed by atoms with E-state index >= 15 is 0 Å². The largest absolute Gasteiger partial charge is 0.481 e. The summed E-state index contributed by atoms with van der Waals surface area (Å²) in [6.45, 7) is 3.89. The van der Waals surface area contributed by atoms with E-state index in [-0.39, 0.29) is 11.8 Å². The van der Waals surface area contributed by atoms with Gasteiger partial charge < -0.3 is 10.5 Å². The van der Waals surface area contributed by atoms with Crippen LogP contribution in [0.3, 0.4) is 0 Å². The molecule has 4 heteroatoms. The molecule has 0 saturated carbocycles. The summed E-state index contributed by atoms with van der Waals surface area (Å²) >= 11 is 0. The lowest BCUT2D eigenvalue weighted by molar-refractivity contribution is 0.162. The fraction of sp³-hybridized carbons (Fsp3) is 0.294. The summed E-state index contributed by atoms with van der Waals surface area (Å²) < 4.78 is 32.8. The van der Waals surface area contributed by atoms with Crippen molar-refractivity contribution in [3.63, 3.8) is 0 Å². The van der Waals surface area contributed by atoms with Crippen LogP contribution in [0.1, 0.15) is 30.6 Å². The molecule has 0 aliphatic carbocycles. The first-order chi connectivity index (χ1) is 10.0. The van der Waals surface area contributed by atoms with Gasteiger partial charge in [-0.2, -0.15) is 4.39 Å².